The second kappa shape index (κ2) is 9.11. The van der Waals surface area contributed by atoms with E-state index >= 15 is 0 Å². The second-order valence-corrected chi connectivity index (χ2v) is 8.56. The molecule has 0 aromatic carbocycles. The van der Waals surface area contributed by atoms with Crippen molar-refractivity contribution < 1.29 is 9.53 Å². The maximum atomic E-state index is 12.6. The Balaban J connectivity index is 1.35. The van der Waals surface area contributed by atoms with Crippen molar-refractivity contribution in [3.63, 3.8) is 0 Å². The number of likely N-dealkylation sites (tertiary alicyclic amines) is 1. The van der Waals surface area contributed by atoms with E-state index in [4.69, 9.17) is 4.74 Å². The van der Waals surface area contributed by atoms with E-state index in [0.717, 1.165) is 55.5 Å². The molecular weight excluding hydrogens is 372 g/mol. The Morgan fingerprint density at radius 2 is 2.04 bits per heavy atom. The Hall–Kier alpha value is -1.83. The van der Waals surface area contributed by atoms with Gasteiger partial charge in [0.1, 0.15) is 5.01 Å². The van der Waals surface area contributed by atoms with Gasteiger partial charge in [-0.15, -0.1) is 11.3 Å². The van der Waals surface area contributed by atoms with E-state index in [1.54, 1.807) is 6.20 Å². The summed E-state index contributed by atoms with van der Waals surface area (Å²) in [5.74, 6) is 0.0424. The number of thiazole rings is 1. The van der Waals surface area contributed by atoms with E-state index in [1.165, 1.54) is 30.6 Å². The molecule has 7 heteroatoms. The lowest BCUT2D eigenvalue weighted by Crippen LogP contribution is -2.59. The molecule has 4 rings (SSSR count). The molecule has 0 radical (unpaired) electrons. The van der Waals surface area contributed by atoms with Crippen LogP contribution in [0.15, 0.2) is 29.8 Å². The quantitative estimate of drug-likeness (QED) is 0.808. The Labute approximate surface area is 170 Å². The highest BCUT2D eigenvalue weighted by molar-refractivity contribution is 7.13. The van der Waals surface area contributed by atoms with Gasteiger partial charge in [-0.2, -0.15) is 0 Å². The Kier molecular flexibility index (Phi) is 6.34. The summed E-state index contributed by atoms with van der Waals surface area (Å²) in [5, 5.41) is 6.02. The number of hydrogen-bond donors (Lipinski definition) is 1. The van der Waals surface area contributed by atoms with Gasteiger partial charge in [0.2, 0.25) is 5.91 Å². The second-order valence-electron chi connectivity index (χ2n) is 7.70. The maximum absolute atomic E-state index is 12.6. The molecular formula is C21H28N4O2S. The topological polar surface area (TPSA) is 67.4 Å². The number of piperidine rings is 1. The van der Waals surface area contributed by atoms with Crippen LogP contribution in [0.2, 0.25) is 0 Å². The lowest BCUT2D eigenvalue weighted by molar-refractivity contribution is -0.122. The summed E-state index contributed by atoms with van der Waals surface area (Å²) in [5.41, 5.74) is 1.71. The Morgan fingerprint density at radius 1 is 1.21 bits per heavy atom. The minimum atomic E-state index is 0.0424. The van der Waals surface area contributed by atoms with E-state index in [-0.39, 0.29) is 11.4 Å². The van der Waals surface area contributed by atoms with E-state index in [1.807, 2.05) is 23.6 Å². The highest BCUT2D eigenvalue weighted by Gasteiger charge is 2.39. The van der Waals surface area contributed by atoms with Gasteiger partial charge in [0, 0.05) is 36.9 Å². The van der Waals surface area contributed by atoms with Crippen LogP contribution in [0.25, 0.3) is 10.7 Å². The van der Waals surface area contributed by atoms with Gasteiger partial charge in [-0.05, 0) is 50.9 Å². The fourth-order valence-electron chi connectivity index (χ4n) is 4.21. The number of carbonyl (C=O) groups excluding carboxylic acids is 1. The first-order chi connectivity index (χ1) is 13.8. The van der Waals surface area contributed by atoms with Crippen LogP contribution in [0.5, 0.6) is 0 Å². The zero-order valence-corrected chi connectivity index (χ0v) is 17.0. The molecule has 0 spiro atoms. The van der Waals surface area contributed by atoms with Gasteiger partial charge in [-0.1, -0.05) is 12.5 Å². The molecule has 150 valence electrons. The number of ether oxygens (including phenoxy) is 1. The summed E-state index contributed by atoms with van der Waals surface area (Å²) >= 11 is 1.53. The van der Waals surface area contributed by atoms with Gasteiger partial charge in [0.05, 0.1) is 17.8 Å². The van der Waals surface area contributed by atoms with Crippen LogP contribution >= 0.6 is 11.3 Å². The molecule has 2 saturated heterocycles. The van der Waals surface area contributed by atoms with Gasteiger partial charge >= 0.3 is 0 Å². The number of rotatable bonds is 6. The summed E-state index contributed by atoms with van der Waals surface area (Å²) in [7, 11) is 0. The standard InChI is InChI=1S/C21H28N4O2S/c26-19(14-17-15-28-20(24-17)18-6-2-3-9-22-18)23-16-21(7-12-27-13-8-21)25-10-4-1-5-11-25/h2-3,6,9,15H,1,4-5,7-8,10-14,16H2,(H,23,26). The monoisotopic (exact) mass is 400 g/mol. The van der Waals surface area contributed by atoms with Crippen molar-refractivity contribution in [2.24, 2.45) is 0 Å². The van der Waals surface area contributed by atoms with Gasteiger partial charge in [0.25, 0.3) is 0 Å². The summed E-state index contributed by atoms with van der Waals surface area (Å²) in [6.07, 6.45) is 7.89. The largest absolute Gasteiger partial charge is 0.381 e. The number of hydrogen-bond acceptors (Lipinski definition) is 6. The first-order valence-corrected chi connectivity index (χ1v) is 11.1. The van der Waals surface area contributed by atoms with E-state index in [0.29, 0.717) is 13.0 Å². The van der Waals surface area contributed by atoms with Crippen LogP contribution in [0, 0.1) is 0 Å². The number of amides is 1. The van der Waals surface area contributed by atoms with Crippen molar-refractivity contribution in [2.45, 2.75) is 44.1 Å². The summed E-state index contributed by atoms with van der Waals surface area (Å²) in [4.78, 5) is 24.1. The average Bonchev–Trinajstić information content (AvgIpc) is 3.23. The third-order valence-electron chi connectivity index (χ3n) is 5.84. The van der Waals surface area contributed by atoms with E-state index < -0.39 is 0 Å². The van der Waals surface area contributed by atoms with Crippen LogP contribution in [0.4, 0.5) is 0 Å². The first-order valence-electron chi connectivity index (χ1n) is 10.2. The van der Waals surface area contributed by atoms with Crippen molar-refractivity contribution in [3.05, 3.63) is 35.5 Å². The smallest absolute Gasteiger partial charge is 0.226 e. The number of nitrogens with one attached hydrogen (secondary N) is 1. The first kappa shape index (κ1) is 19.5. The zero-order chi connectivity index (χ0) is 19.2. The van der Waals surface area contributed by atoms with E-state index in [9.17, 15) is 4.79 Å². The molecule has 0 unspecified atom stereocenters. The average molecular weight is 401 g/mol. The fourth-order valence-corrected chi connectivity index (χ4v) is 5.00. The Morgan fingerprint density at radius 3 is 2.79 bits per heavy atom. The Bertz CT molecular complexity index is 768. The summed E-state index contributed by atoms with van der Waals surface area (Å²) in [6.45, 7) is 4.54. The van der Waals surface area contributed by atoms with Crippen LogP contribution in [-0.4, -0.2) is 59.2 Å². The van der Waals surface area contributed by atoms with Gasteiger partial charge in [-0.25, -0.2) is 4.98 Å². The molecule has 28 heavy (non-hydrogen) atoms. The van der Waals surface area contributed by atoms with Crippen LogP contribution in [0.1, 0.15) is 37.8 Å². The van der Waals surface area contributed by atoms with E-state index in [2.05, 4.69) is 20.2 Å². The van der Waals surface area contributed by atoms with Crippen LogP contribution in [0.3, 0.4) is 0 Å². The third-order valence-corrected chi connectivity index (χ3v) is 6.76. The molecule has 2 aliphatic rings. The summed E-state index contributed by atoms with van der Waals surface area (Å²) in [6, 6.07) is 5.78. The predicted octanol–water partition coefficient (Wildman–Crippen LogP) is 2.90. The molecule has 0 atom stereocenters. The molecule has 6 nitrogen and oxygen atoms in total. The van der Waals surface area contributed by atoms with Crippen molar-refractivity contribution in [1.29, 1.82) is 0 Å². The molecule has 2 aromatic rings. The van der Waals surface area contributed by atoms with Crippen LogP contribution < -0.4 is 5.32 Å². The molecule has 2 aromatic heterocycles. The molecule has 1 amide bonds. The van der Waals surface area contributed by atoms with Gasteiger partial charge in [-0.3, -0.25) is 14.7 Å². The van der Waals surface area contributed by atoms with Crippen molar-refractivity contribution in [3.8, 4) is 10.7 Å². The summed E-state index contributed by atoms with van der Waals surface area (Å²) < 4.78 is 5.61. The zero-order valence-electron chi connectivity index (χ0n) is 16.2. The lowest BCUT2D eigenvalue weighted by atomic mass is 9.86. The number of carbonyl (C=O) groups is 1. The number of aromatic nitrogens is 2. The SMILES string of the molecule is O=C(Cc1csc(-c2ccccn2)n1)NCC1(N2CCCCC2)CCOCC1. The fraction of sp³-hybridized carbons (Fsp3) is 0.571. The molecule has 2 aliphatic heterocycles. The maximum Gasteiger partial charge on any atom is 0.226 e. The van der Waals surface area contributed by atoms with Crippen molar-refractivity contribution >= 4 is 17.2 Å². The molecule has 2 fully saturated rings. The number of nitrogens with zero attached hydrogens (tertiary/aromatic N) is 3. The molecule has 1 N–H and O–H groups in total. The minimum absolute atomic E-state index is 0.0424. The third kappa shape index (κ3) is 4.59. The molecule has 0 bridgehead atoms. The van der Waals surface area contributed by atoms with Crippen molar-refractivity contribution in [1.82, 2.24) is 20.2 Å². The van der Waals surface area contributed by atoms with Gasteiger partial charge < -0.3 is 10.1 Å². The van der Waals surface area contributed by atoms with Crippen LogP contribution in [-0.2, 0) is 16.0 Å². The lowest BCUT2D eigenvalue weighted by Gasteiger charge is -2.48. The minimum Gasteiger partial charge on any atom is -0.381 e. The predicted molar refractivity (Wildman–Crippen MR) is 110 cm³/mol. The van der Waals surface area contributed by atoms with Gasteiger partial charge in [0.15, 0.2) is 0 Å². The highest BCUT2D eigenvalue weighted by Crippen LogP contribution is 2.30. The highest BCUT2D eigenvalue weighted by atomic mass is 32.1. The molecule has 0 saturated carbocycles. The van der Waals surface area contributed by atoms with Crippen molar-refractivity contribution in [2.75, 3.05) is 32.8 Å². The normalized spacial score (nSPS) is 20.0. The number of pyridine rings is 1. The molecule has 0 aliphatic carbocycles. The molecule has 4 heterocycles.